The molecule has 0 saturated carbocycles. The smallest absolute Gasteiger partial charge is 0.0109 e. The van der Waals surface area contributed by atoms with E-state index in [1.165, 1.54) is 71.4 Å². The van der Waals surface area contributed by atoms with Crippen molar-refractivity contribution in [3.05, 3.63) is 11.8 Å². The van der Waals surface area contributed by atoms with Crippen molar-refractivity contribution in [1.82, 2.24) is 9.80 Å². The molecule has 2 aliphatic heterocycles. The highest BCUT2D eigenvalue weighted by atomic mass is 15.2. The van der Waals surface area contributed by atoms with E-state index in [2.05, 4.69) is 36.6 Å². The van der Waals surface area contributed by atoms with Crippen LogP contribution in [0, 0.1) is 17.8 Å². The maximum atomic E-state index is 6.16. The summed E-state index contributed by atoms with van der Waals surface area (Å²) in [6, 6.07) is 0. The Morgan fingerprint density at radius 3 is 2.32 bits per heavy atom. The zero-order chi connectivity index (χ0) is 15.9. The average molecular weight is 308 g/mol. The summed E-state index contributed by atoms with van der Waals surface area (Å²) >= 11 is 0. The first-order valence-electron chi connectivity index (χ1n) is 9.48. The molecule has 2 fully saturated rings. The molecule has 0 aliphatic carbocycles. The van der Waals surface area contributed by atoms with Gasteiger partial charge in [0.05, 0.1) is 0 Å². The summed E-state index contributed by atoms with van der Waals surface area (Å²) in [5.41, 5.74) is 7.22. The molecule has 2 N–H and O–H groups in total. The van der Waals surface area contributed by atoms with Gasteiger partial charge in [-0.15, -0.1) is 0 Å². The molecule has 128 valence electrons. The number of nitrogens with two attached hydrogens (primary N) is 1. The number of rotatable bonds is 6. The van der Waals surface area contributed by atoms with E-state index in [-0.39, 0.29) is 0 Å². The Bertz CT molecular complexity index is 345. The summed E-state index contributed by atoms with van der Waals surface area (Å²) in [5.74, 6) is 1.87. The average Bonchev–Trinajstić information content (AvgIpc) is 2.54. The maximum absolute atomic E-state index is 6.16. The van der Waals surface area contributed by atoms with Gasteiger partial charge in [0.2, 0.25) is 0 Å². The molecule has 2 saturated heterocycles. The summed E-state index contributed by atoms with van der Waals surface area (Å²) in [5, 5.41) is 0. The van der Waals surface area contributed by atoms with Gasteiger partial charge in [0, 0.05) is 25.3 Å². The lowest BCUT2D eigenvalue weighted by Gasteiger charge is -2.37. The molecule has 0 bridgehead atoms. The lowest BCUT2D eigenvalue weighted by atomic mass is 9.85. The van der Waals surface area contributed by atoms with E-state index in [0.29, 0.717) is 11.8 Å². The van der Waals surface area contributed by atoms with Crippen LogP contribution in [0.1, 0.15) is 52.9 Å². The van der Waals surface area contributed by atoms with Crippen LogP contribution in [0.25, 0.3) is 0 Å². The van der Waals surface area contributed by atoms with Gasteiger partial charge in [0.15, 0.2) is 0 Å². The largest absolute Gasteiger partial charge is 0.402 e. The highest BCUT2D eigenvalue weighted by Gasteiger charge is 2.24. The van der Waals surface area contributed by atoms with E-state index in [4.69, 9.17) is 5.73 Å². The van der Waals surface area contributed by atoms with Gasteiger partial charge in [-0.1, -0.05) is 33.3 Å². The molecule has 0 amide bonds. The molecule has 0 aromatic rings. The number of allylic oxidation sites excluding steroid dienone is 2. The molecule has 2 aliphatic rings. The van der Waals surface area contributed by atoms with E-state index in [1.807, 2.05) is 0 Å². The third-order valence-corrected chi connectivity index (χ3v) is 5.59. The molecular formula is C19H37N3. The molecule has 3 heteroatoms. The van der Waals surface area contributed by atoms with Crippen LogP contribution in [0.15, 0.2) is 11.8 Å². The molecule has 2 atom stereocenters. The van der Waals surface area contributed by atoms with E-state index in [1.54, 1.807) is 0 Å². The minimum Gasteiger partial charge on any atom is -0.402 e. The molecule has 0 aromatic heterocycles. The molecular weight excluding hydrogens is 270 g/mol. The van der Waals surface area contributed by atoms with E-state index in [9.17, 15) is 0 Å². The lowest BCUT2D eigenvalue weighted by Crippen LogP contribution is -2.43. The summed E-state index contributed by atoms with van der Waals surface area (Å²) in [6.45, 7) is 14.4. The molecule has 0 spiro atoms. The molecule has 3 nitrogen and oxygen atoms in total. The first kappa shape index (κ1) is 17.8. The van der Waals surface area contributed by atoms with Crippen LogP contribution in [0.3, 0.4) is 0 Å². The summed E-state index contributed by atoms with van der Waals surface area (Å²) < 4.78 is 0. The van der Waals surface area contributed by atoms with Crippen molar-refractivity contribution >= 4 is 0 Å². The van der Waals surface area contributed by atoms with Crippen molar-refractivity contribution in [3.63, 3.8) is 0 Å². The molecule has 2 heterocycles. The third-order valence-electron chi connectivity index (χ3n) is 5.59. The topological polar surface area (TPSA) is 32.5 Å². The third kappa shape index (κ3) is 5.58. The van der Waals surface area contributed by atoms with Crippen LogP contribution in [0.5, 0.6) is 0 Å². The molecule has 0 radical (unpaired) electrons. The molecule has 0 aromatic carbocycles. The highest BCUT2D eigenvalue weighted by Crippen LogP contribution is 2.26. The van der Waals surface area contributed by atoms with Gasteiger partial charge in [0.1, 0.15) is 0 Å². The van der Waals surface area contributed by atoms with Crippen molar-refractivity contribution in [2.75, 3.05) is 39.3 Å². The van der Waals surface area contributed by atoms with Gasteiger partial charge in [-0.05, 0) is 63.1 Å². The quantitative estimate of drug-likeness (QED) is 0.817. The Balaban J connectivity index is 1.77. The Labute approximate surface area is 137 Å². The van der Waals surface area contributed by atoms with Gasteiger partial charge < -0.3 is 15.5 Å². The van der Waals surface area contributed by atoms with Crippen LogP contribution in [0.2, 0.25) is 0 Å². The van der Waals surface area contributed by atoms with Gasteiger partial charge in [-0.3, -0.25) is 0 Å². The standard InChI is InChI=1S/C19H37N3/c1-16(2)19(20)14-17(3)18-8-7-11-22(15-18)13-12-21-9-5-4-6-10-21/h14,16-18H,4-13,15,20H2,1-3H3/b19-14+. The minimum atomic E-state index is 0.473. The SMILES string of the molecule is CC(C)/C(N)=C\C(C)C1CCCN(CCN2CCCCC2)C1. The Hall–Kier alpha value is -0.540. The molecule has 2 unspecified atom stereocenters. The number of likely N-dealkylation sites (tertiary alicyclic amines) is 2. The maximum Gasteiger partial charge on any atom is 0.0109 e. The zero-order valence-corrected chi connectivity index (χ0v) is 15.1. The van der Waals surface area contributed by atoms with Crippen LogP contribution in [0.4, 0.5) is 0 Å². The van der Waals surface area contributed by atoms with Crippen LogP contribution >= 0.6 is 0 Å². The number of hydrogen-bond donors (Lipinski definition) is 1. The van der Waals surface area contributed by atoms with Gasteiger partial charge in [0.25, 0.3) is 0 Å². The second-order valence-electron chi connectivity index (χ2n) is 7.79. The first-order chi connectivity index (χ1) is 10.6. The van der Waals surface area contributed by atoms with E-state index >= 15 is 0 Å². The predicted molar refractivity (Wildman–Crippen MR) is 95.7 cm³/mol. The Kier molecular flexibility index (Phi) is 7.23. The lowest BCUT2D eigenvalue weighted by molar-refractivity contribution is 0.126. The summed E-state index contributed by atoms with van der Waals surface area (Å²) in [7, 11) is 0. The van der Waals surface area contributed by atoms with Crippen molar-refractivity contribution in [3.8, 4) is 0 Å². The predicted octanol–water partition coefficient (Wildman–Crippen LogP) is 3.32. The zero-order valence-electron chi connectivity index (χ0n) is 15.1. The van der Waals surface area contributed by atoms with Gasteiger partial charge >= 0.3 is 0 Å². The second-order valence-corrected chi connectivity index (χ2v) is 7.79. The van der Waals surface area contributed by atoms with Crippen molar-refractivity contribution < 1.29 is 0 Å². The number of hydrogen-bond acceptors (Lipinski definition) is 3. The van der Waals surface area contributed by atoms with E-state index < -0.39 is 0 Å². The number of piperidine rings is 2. The normalized spacial score (nSPS) is 27.3. The Morgan fingerprint density at radius 2 is 1.64 bits per heavy atom. The summed E-state index contributed by atoms with van der Waals surface area (Å²) in [4.78, 5) is 5.35. The highest BCUT2D eigenvalue weighted by molar-refractivity contribution is 5.03. The van der Waals surface area contributed by atoms with Crippen LogP contribution in [-0.2, 0) is 0 Å². The van der Waals surface area contributed by atoms with Crippen molar-refractivity contribution in [1.29, 1.82) is 0 Å². The fourth-order valence-electron chi connectivity index (χ4n) is 3.82. The van der Waals surface area contributed by atoms with Crippen molar-refractivity contribution in [2.45, 2.75) is 52.9 Å². The van der Waals surface area contributed by atoms with Gasteiger partial charge in [-0.25, -0.2) is 0 Å². The molecule has 22 heavy (non-hydrogen) atoms. The summed E-state index contributed by atoms with van der Waals surface area (Å²) in [6.07, 6.45) is 9.28. The number of nitrogens with zero attached hydrogens (tertiary/aromatic N) is 2. The molecule has 2 rings (SSSR count). The Morgan fingerprint density at radius 1 is 1.00 bits per heavy atom. The minimum absolute atomic E-state index is 0.473. The van der Waals surface area contributed by atoms with Gasteiger partial charge in [-0.2, -0.15) is 0 Å². The fraction of sp³-hybridized carbons (Fsp3) is 0.895. The van der Waals surface area contributed by atoms with Crippen LogP contribution in [-0.4, -0.2) is 49.1 Å². The monoisotopic (exact) mass is 307 g/mol. The fourth-order valence-corrected chi connectivity index (χ4v) is 3.82. The van der Waals surface area contributed by atoms with Crippen LogP contribution < -0.4 is 5.73 Å². The van der Waals surface area contributed by atoms with E-state index in [0.717, 1.165) is 11.6 Å². The second kappa shape index (κ2) is 8.93. The first-order valence-corrected chi connectivity index (χ1v) is 9.48. The van der Waals surface area contributed by atoms with Crippen molar-refractivity contribution in [2.24, 2.45) is 23.5 Å².